The number of aromatic nitrogens is 4. The van der Waals surface area contributed by atoms with E-state index in [2.05, 4.69) is 19.9 Å². The largest absolute Gasteiger partial charge is 0.343 e. The van der Waals surface area contributed by atoms with Gasteiger partial charge in [0.1, 0.15) is 5.69 Å². The number of nitrogens with zero attached hydrogens (tertiary/aromatic N) is 4. The van der Waals surface area contributed by atoms with Gasteiger partial charge in [0.05, 0.1) is 24.1 Å². The molecule has 1 atom stereocenters. The van der Waals surface area contributed by atoms with E-state index in [0.717, 1.165) is 36.6 Å². The van der Waals surface area contributed by atoms with Crippen LogP contribution in [0.25, 0.3) is 11.5 Å². The lowest BCUT2D eigenvalue weighted by Crippen LogP contribution is -2.32. The molecular weight excluding hydrogens is 302 g/mol. The molecule has 2 fully saturated rings. The van der Waals surface area contributed by atoms with Crippen LogP contribution in [0.15, 0.2) is 24.8 Å². The fourth-order valence-corrected chi connectivity index (χ4v) is 3.99. The minimum atomic E-state index is 0.0806. The molecule has 1 saturated heterocycles. The number of imidazole rings is 1. The van der Waals surface area contributed by atoms with Gasteiger partial charge in [-0.2, -0.15) is 0 Å². The Balaban J connectivity index is 1.46. The molecule has 1 amide bonds. The summed E-state index contributed by atoms with van der Waals surface area (Å²) >= 11 is 0. The van der Waals surface area contributed by atoms with Crippen LogP contribution in [0.3, 0.4) is 0 Å². The molecule has 6 heteroatoms. The lowest BCUT2D eigenvalue weighted by molar-refractivity contribution is -0.133. The summed E-state index contributed by atoms with van der Waals surface area (Å²) in [7, 11) is 0. The Hall–Kier alpha value is -2.24. The van der Waals surface area contributed by atoms with Gasteiger partial charge in [0, 0.05) is 25.4 Å². The van der Waals surface area contributed by atoms with Crippen LogP contribution in [-0.4, -0.2) is 37.3 Å². The lowest BCUT2D eigenvalue weighted by Gasteiger charge is -2.25. The van der Waals surface area contributed by atoms with Crippen LogP contribution in [-0.2, 0) is 4.79 Å². The van der Waals surface area contributed by atoms with Gasteiger partial charge in [-0.1, -0.05) is 12.8 Å². The number of carbonyl (C=O) groups is 1. The average molecular weight is 325 g/mol. The molecule has 1 aliphatic heterocycles. The van der Waals surface area contributed by atoms with Crippen LogP contribution in [0.5, 0.6) is 0 Å². The Kier molecular flexibility index (Phi) is 4.28. The van der Waals surface area contributed by atoms with Crippen molar-refractivity contribution in [3.8, 4) is 11.5 Å². The van der Waals surface area contributed by atoms with Crippen molar-refractivity contribution in [1.82, 2.24) is 24.8 Å². The zero-order chi connectivity index (χ0) is 16.4. The van der Waals surface area contributed by atoms with Gasteiger partial charge in [-0.05, 0) is 31.6 Å². The van der Waals surface area contributed by atoms with Crippen molar-refractivity contribution in [2.45, 2.75) is 51.0 Å². The maximum Gasteiger partial charge on any atom is 0.223 e. The van der Waals surface area contributed by atoms with Crippen molar-refractivity contribution in [2.75, 3.05) is 6.54 Å². The molecule has 1 aliphatic carbocycles. The zero-order valence-corrected chi connectivity index (χ0v) is 13.8. The molecule has 1 saturated carbocycles. The van der Waals surface area contributed by atoms with Crippen molar-refractivity contribution in [2.24, 2.45) is 5.92 Å². The maximum absolute atomic E-state index is 12.7. The van der Waals surface area contributed by atoms with Crippen LogP contribution in [0.2, 0.25) is 0 Å². The molecular formula is C18H23N5O. The minimum Gasteiger partial charge on any atom is -0.343 e. The summed E-state index contributed by atoms with van der Waals surface area (Å²) in [5.74, 6) is 1.60. The molecule has 126 valence electrons. The number of H-pyrrole nitrogens is 1. The monoisotopic (exact) mass is 325 g/mol. The van der Waals surface area contributed by atoms with Gasteiger partial charge in [-0.25, -0.2) is 9.97 Å². The molecule has 2 aromatic heterocycles. The van der Waals surface area contributed by atoms with E-state index in [1.807, 2.05) is 4.90 Å². The maximum atomic E-state index is 12.7. The van der Waals surface area contributed by atoms with E-state index < -0.39 is 0 Å². The first kappa shape index (κ1) is 15.3. The van der Waals surface area contributed by atoms with Gasteiger partial charge in [0.25, 0.3) is 0 Å². The number of hydrogen-bond acceptors (Lipinski definition) is 4. The van der Waals surface area contributed by atoms with Gasteiger partial charge >= 0.3 is 0 Å². The van der Waals surface area contributed by atoms with E-state index >= 15 is 0 Å². The predicted octanol–water partition coefficient (Wildman–Crippen LogP) is 3.11. The summed E-state index contributed by atoms with van der Waals surface area (Å²) in [4.78, 5) is 31.0. The van der Waals surface area contributed by atoms with Crippen LogP contribution < -0.4 is 0 Å². The molecule has 0 unspecified atom stereocenters. The van der Waals surface area contributed by atoms with Gasteiger partial charge < -0.3 is 9.88 Å². The van der Waals surface area contributed by atoms with E-state index in [4.69, 9.17) is 0 Å². The number of hydrogen-bond donors (Lipinski definition) is 1. The average Bonchev–Trinajstić information content (AvgIpc) is 3.36. The van der Waals surface area contributed by atoms with Crippen LogP contribution in [0, 0.1) is 5.92 Å². The number of likely N-dealkylation sites (tertiary alicyclic amines) is 1. The van der Waals surface area contributed by atoms with E-state index in [1.165, 1.54) is 25.7 Å². The Morgan fingerprint density at radius 3 is 2.71 bits per heavy atom. The Morgan fingerprint density at radius 1 is 1.12 bits per heavy atom. The second-order valence-electron chi connectivity index (χ2n) is 6.86. The predicted molar refractivity (Wildman–Crippen MR) is 89.9 cm³/mol. The summed E-state index contributed by atoms with van der Waals surface area (Å²) in [5, 5.41) is 0. The minimum absolute atomic E-state index is 0.0806. The SMILES string of the molecule is O=C(CC1CCCC1)N1CCC[C@@H]1c1cnc(-c2ncc[nH]2)cn1. The highest BCUT2D eigenvalue weighted by molar-refractivity contribution is 5.77. The zero-order valence-electron chi connectivity index (χ0n) is 13.8. The third-order valence-corrected chi connectivity index (χ3v) is 5.27. The lowest BCUT2D eigenvalue weighted by atomic mass is 10.0. The molecule has 6 nitrogen and oxygen atoms in total. The normalized spacial score (nSPS) is 21.5. The topological polar surface area (TPSA) is 74.8 Å². The Bertz CT molecular complexity index is 676. The number of nitrogens with one attached hydrogen (secondary N) is 1. The Morgan fingerprint density at radius 2 is 2.00 bits per heavy atom. The summed E-state index contributed by atoms with van der Waals surface area (Å²) in [6.45, 7) is 0.845. The Labute approximate surface area is 141 Å². The number of amides is 1. The number of rotatable bonds is 4. The molecule has 1 N–H and O–H groups in total. The van der Waals surface area contributed by atoms with Crippen LogP contribution in [0.1, 0.15) is 56.7 Å². The molecule has 24 heavy (non-hydrogen) atoms. The molecule has 0 radical (unpaired) electrons. The van der Waals surface area contributed by atoms with Gasteiger partial charge in [0.2, 0.25) is 5.91 Å². The molecule has 2 aliphatic rings. The summed E-state index contributed by atoms with van der Waals surface area (Å²) in [6.07, 6.45) is 14.7. The van der Waals surface area contributed by atoms with E-state index in [9.17, 15) is 4.79 Å². The third kappa shape index (κ3) is 3.05. The summed E-state index contributed by atoms with van der Waals surface area (Å²) in [6, 6.07) is 0.0806. The summed E-state index contributed by atoms with van der Waals surface area (Å²) < 4.78 is 0. The first-order chi connectivity index (χ1) is 11.8. The molecule has 0 bridgehead atoms. The highest BCUT2D eigenvalue weighted by atomic mass is 16.2. The summed E-state index contributed by atoms with van der Waals surface area (Å²) in [5.41, 5.74) is 1.62. The van der Waals surface area contributed by atoms with E-state index in [-0.39, 0.29) is 6.04 Å². The van der Waals surface area contributed by atoms with Crippen molar-refractivity contribution in [1.29, 1.82) is 0 Å². The van der Waals surface area contributed by atoms with Gasteiger partial charge in [-0.15, -0.1) is 0 Å². The molecule has 3 heterocycles. The quantitative estimate of drug-likeness (QED) is 0.937. The van der Waals surface area contributed by atoms with E-state index in [0.29, 0.717) is 18.2 Å². The van der Waals surface area contributed by atoms with Crippen LogP contribution in [0.4, 0.5) is 0 Å². The molecule has 4 rings (SSSR count). The van der Waals surface area contributed by atoms with Gasteiger partial charge in [0.15, 0.2) is 5.82 Å². The first-order valence-electron chi connectivity index (χ1n) is 8.92. The number of aromatic amines is 1. The molecule has 0 spiro atoms. The van der Waals surface area contributed by atoms with Crippen LogP contribution >= 0.6 is 0 Å². The van der Waals surface area contributed by atoms with E-state index in [1.54, 1.807) is 24.8 Å². The number of carbonyl (C=O) groups excluding carboxylic acids is 1. The second kappa shape index (κ2) is 6.71. The fraction of sp³-hybridized carbons (Fsp3) is 0.556. The molecule has 2 aromatic rings. The highest BCUT2D eigenvalue weighted by Gasteiger charge is 2.32. The fourth-order valence-electron chi connectivity index (χ4n) is 3.99. The highest BCUT2D eigenvalue weighted by Crippen LogP contribution is 2.34. The second-order valence-corrected chi connectivity index (χ2v) is 6.86. The third-order valence-electron chi connectivity index (χ3n) is 5.27. The van der Waals surface area contributed by atoms with Gasteiger partial charge in [-0.3, -0.25) is 9.78 Å². The van der Waals surface area contributed by atoms with Crippen molar-refractivity contribution in [3.05, 3.63) is 30.5 Å². The van der Waals surface area contributed by atoms with Crippen molar-refractivity contribution < 1.29 is 4.79 Å². The first-order valence-corrected chi connectivity index (χ1v) is 8.92. The smallest absolute Gasteiger partial charge is 0.223 e. The van der Waals surface area contributed by atoms with Crippen molar-refractivity contribution >= 4 is 5.91 Å². The van der Waals surface area contributed by atoms with Crippen molar-refractivity contribution in [3.63, 3.8) is 0 Å². The molecule has 0 aromatic carbocycles. The standard InChI is InChI=1S/C18H23N5O/c24-17(10-13-4-1-2-5-13)23-9-3-6-16(23)14-11-22-15(12-21-14)18-19-7-8-20-18/h7-8,11-13,16H,1-6,9-10H2,(H,19,20)/t16-/m1/s1.